The van der Waals surface area contributed by atoms with Crippen molar-refractivity contribution >= 4 is 12.7 Å². The van der Waals surface area contributed by atoms with Crippen LogP contribution in [-0.4, -0.2) is 36.5 Å². The van der Waals surface area contributed by atoms with Gasteiger partial charge < -0.3 is 18.8 Å². The Morgan fingerprint density at radius 1 is 1.19 bits per heavy atom. The molecule has 0 aromatic carbocycles. The molecule has 0 atom stereocenters. The number of methoxy groups -OCH3 is 1. The molecule has 0 radical (unpaired) electrons. The topological polar surface area (TPSA) is 49.8 Å². The maximum Gasteiger partial charge on any atom is 0.518 e. The SMILES string of the molecule is COc1cc(OC2CC2)cnc1B1OC(C)(C)C(C)(C)O1. The van der Waals surface area contributed by atoms with Crippen molar-refractivity contribution in [2.24, 2.45) is 0 Å². The van der Waals surface area contributed by atoms with E-state index in [1.807, 2.05) is 33.8 Å². The molecule has 2 aliphatic rings. The highest BCUT2D eigenvalue weighted by Crippen LogP contribution is 2.37. The monoisotopic (exact) mass is 291 g/mol. The first-order valence-corrected chi connectivity index (χ1v) is 7.38. The minimum absolute atomic E-state index is 0.333. The minimum Gasteiger partial charge on any atom is -0.495 e. The van der Waals surface area contributed by atoms with Crippen molar-refractivity contribution in [2.75, 3.05) is 7.11 Å². The summed E-state index contributed by atoms with van der Waals surface area (Å²) in [6.07, 6.45) is 4.27. The van der Waals surface area contributed by atoms with Crippen molar-refractivity contribution in [1.29, 1.82) is 0 Å². The fourth-order valence-corrected chi connectivity index (χ4v) is 2.18. The van der Waals surface area contributed by atoms with E-state index in [1.165, 1.54) is 0 Å². The van der Waals surface area contributed by atoms with Gasteiger partial charge in [0.15, 0.2) is 0 Å². The van der Waals surface area contributed by atoms with E-state index in [4.69, 9.17) is 18.8 Å². The Morgan fingerprint density at radius 3 is 2.33 bits per heavy atom. The van der Waals surface area contributed by atoms with Gasteiger partial charge in [-0.1, -0.05) is 0 Å². The summed E-state index contributed by atoms with van der Waals surface area (Å²) in [7, 11) is 1.09. The molecule has 1 aliphatic heterocycles. The van der Waals surface area contributed by atoms with Crippen LogP contribution < -0.4 is 15.1 Å². The first-order chi connectivity index (χ1) is 9.82. The van der Waals surface area contributed by atoms with Crippen LogP contribution in [0.1, 0.15) is 40.5 Å². The standard InChI is InChI=1S/C15H22BNO4/c1-14(2)15(3,4)21-16(20-14)13-12(18-5)8-11(9-17-13)19-10-6-7-10/h8-10H,6-7H2,1-5H3. The second-order valence-electron chi connectivity index (χ2n) is 6.66. The molecule has 1 aromatic heterocycles. The number of aromatic nitrogens is 1. The number of rotatable bonds is 4. The third kappa shape index (κ3) is 2.74. The smallest absolute Gasteiger partial charge is 0.495 e. The number of ether oxygens (including phenoxy) is 2. The van der Waals surface area contributed by atoms with E-state index in [-0.39, 0.29) is 0 Å². The van der Waals surface area contributed by atoms with Crippen molar-refractivity contribution in [3.8, 4) is 11.5 Å². The molecule has 1 aromatic rings. The zero-order chi connectivity index (χ0) is 15.3. The Balaban J connectivity index is 1.85. The van der Waals surface area contributed by atoms with Crippen LogP contribution in [0.15, 0.2) is 12.3 Å². The molecule has 3 rings (SSSR count). The summed E-state index contributed by atoms with van der Waals surface area (Å²) in [4.78, 5) is 4.44. The fraction of sp³-hybridized carbons (Fsp3) is 0.667. The Hall–Kier alpha value is -1.27. The number of hydrogen-bond donors (Lipinski definition) is 0. The van der Waals surface area contributed by atoms with Gasteiger partial charge in [-0.2, -0.15) is 0 Å². The first kappa shape index (κ1) is 14.7. The zero-order valence-electron chi connectivity index (χ0n) is 13.3. The van der Waals surface area contributed by atoms with Gasteiger partial charge >= 0.3 is 7.12 Å². The Kier molecular flexibility index (Phi) is 3.41. The number of hydrogen-bond acceptors (Lipinski definition) is 5. The normalized spacial score (nSPS) is 23.2. The van der Waals surface area contributed by atoms with Gasteiger partial charge in [-0.15, -0.1) is 0 Å². The van der Waals surface area contributed by atoms with E-state index in [0.717, 1.165) is 18.6 Å². The van der Waals surface area contributed by atoms with Crippen molar-refractivity contribution in [3.05, 3.63) is 12.3 Å². The van der Waals surface area contributed by atoms with Crippen LogP contribution in [0.2, 0.25) is 0 Å². The highest BCUT2D eigenvalue weighted by Gasteiger charge is 2.53. The number of nitrogens with zero attached hydrogens (tertiary/aromatic N) is 1. The average molecular weight is 291 g/mol. The summed E-state index contributed by atoms with van der Waals surface area (Å²) in [6, 6.07) is 1.85. The van der Waals surface area contributed by atoms with Crippen LogP contribution >= 0.6 is 0 Å². The quantitative estimate of drug-likeness (QED) is 0.793. The molecule has 2 heterocycles. The second kappa shape index (κ2) is 4.88. The van der Waals surface area contributed by atoms with Crippen LogP contribution in [-0.2, 0) is 9.31 Å². The molecule has 0 unspecified atom stereocenters. The largest absolute Gasteiger partial charge is 0.518 e. The Bertz CT molecular complexity index is 526. The highest BCUT2D eigenvalue weighted by atomic mass is 16.7. The van der Waals surface area contributed by atoms with Crippen LogP contribution in [0.4, 0.5) is 0 Å². The number of pyridine rings is 1. The predicted octanol–water partition coefficient (Wildman–Crippen LogP) is 1.93. The third-order valence-electron chi connectivity index (χ3n) is 4.38. The molecule has 5 nitrogen and oxygen atoms in total. The lowest BCUT2D eigenvalue weighted by Crippen LogP contribution is -2.41. The maximum absolute atomic E-state index is 6.02. The molecule has 21 heavy (non-hydrogen) atoms. The van der Waals surface area contributed by atoms with Crippen LogP contribution in [0, 0.1) is 0 Å². The molecule has 114 valence electrons. The van der Waals surface area contributed by atoms with Crippen molar-refractivity contribution in [2.45, 2.75) is 57.8 Å². The van der Waals surface area contributed by atoms with E-state index in [0.29, 0.717) is 17.4 Å². The molecule has 1 aliphatic carbocycles. The van der Waals surface area contributed by atoms with E-state index >= 15 is 0 Å². The van der Waals surface area contributed by atoms with Gasteiger partial charge in [0.05, 0.1) is 30.6 Å². The van der Waals surface area contributed by atoms with Gasteiger partial charge in [0.1, 0.15) is 17.1 Å². The predicted molar refractivity (Wildman–Crippen MR) is 80.2 cm³/mol. The van der Waals surface area contributed by atoms with Gasteiger partial charge in [-0.3, -0.25) is 4.98 Å². The lowest BCUT2D eigenvalue weighted by Gasteiger charge is -2.32. The van der Waals surface area contributed by atoms with Gasteiger partial charge in [-0.05, 0) is 40.5 Å². The molecule has 0 N–H and O–H groups in total. The summed E-state index contributed by atoms with van der Waals surface area (Å²) in [6.45, 7) is 8.07. The molecular weight excluding hydrogens is 269 g/mol. The lowest BCUT2D eigenvalue weighted by atomic mass is 9.83. The minimum atomic E-state index is -0.528. The molecule has 2 fully saturated rings. The molecular formula is C15H22BNO4. The Labute approximate surface area is 126 Å². The van der Waals surface area contributed by atoms with Crippen LogP contribution in [0.25, 0.3) is 0 Å². The molecule has 0 bridgehead atoms. The van der Waals surface area contributed by atoms with E-state index < -0.39 is 18.3 Å². The van der Waals surface area contributed by atoms with Crippen molar-refractivity contribution in [3.63, 3.8) is 0 Å². The average Bonchev–Trinajstić information content (AvgIpc) is 3.17. The van der Waals surface area contributed by atoms with E-state index in [9.17, 15) is 0 Å². The molecule has 0 amide bonds. The first-order valence-electron chi connectivity index (χ1n) is 7.38. The molecule has 6 heteroatoms. The summed E-state index contributed by atoms with van der Waals surface area (Å²) < 4.78 is 23.2. The van der Waals surface area contributed by atoms with Gasteiger partial charge in [0.25, 0.3) is 0 Å². The highest BCUT2D eigenvalue weighted by molar-refractivity contribution is 6.62. The fourth-order valence-electron chi connectivity index (χ4n) is 2.18. The van der Waals surface area contributed by atoms with E-state index in [1.54, 1.807) is 13.3 Å². The van der Waals surface area contributed by atoms with Gasteiger partial charge in [0, 0.05) is 6.07 Å². The van der Waals surface area contributed by atoms with Gasteiger partial charge in [-0.25, -0.2) is 0 Å². The van der Waals surface area contributed by atoms with Crippen molar-refractivity contribution in [1.82, 2.24) is 4.98 Å². The third-order valence-corrected chi connectivity index (χ3v) is 4.38. The van der Waals surface area contributed by atoms with E-state index in [2.05, 4.69) is 4.98 Å². The summed E-state index contributed by atoms with van der Waals surface area (Å²) in [5.74, 6) is 1.36. The summed E-state index contributed by atoms with van der Waals surface area (Å²) in [5, 5.41) is 0. The lowest BCUT2D eigenvalue weighted by molar-refractivity contribution is 0.00578. The zero-order valence-corrected chi connectivity index (χ0v) is 13.3. The van der Waals surface area contributed by atoms with Gasteiger partial charge in [0.2, 0.25) is 0 Å². The molecule has 1 saturated carbocycles. The van der Waals surface area contributed by atoms with Crippen LogP contribution in [0.3, 0.4) is 0 Å². The maximum atomic E-state index is 6.02. The second-order valence-corrected chi connectivity index (χ2v) is 6.66. The summed E-state index contributed by atoms with van der Waals surface area (Å²) in [5.41, 5.74) is -0.138. The Morgan fingerprint density at radius 2 is 1.81 bits per heavy atom. The molecule has 0 spiro atoms. The van der Waals surface area contributed by atoms with Crippen molar-refractivity contribution < 1.29 is 18.8 Å². The van der Waals surface area contributed by atoms with Crippen LogP contribution in [0.5, 0.6) is 11.5 Å². The summed E-state index contributed by atoms with van der Waals surface area (Å²) >= 11 is 0. The molecule has 1 saturated heterocycles.